The van der Waals surface area contributed by atoms with Crippen LogP contribution in [-0.2, 0) is 4.74 Å². The van der Waals surface area contributed by atoms with Gasteiger partial charge >= 0.3 is 0 Å². The standard InChI is InChI=1S/C22H26FN5O3/c1-12-17-8-16(29-3)9-18(23)20(17)26-21(19(12)22-24-13(2)27-31-22)28-6-4-14(5-7-28)25-15-10-30-11-15/h8-9,14-15,25H,4-7,10-11H2,1-3H3. The molecule has 0 radical (unpaired) electrons. The van der Waals surface area contributed by atoms with Crippen molar-refractivity contribution in [3.8, 4) is 17.2 Å². The highest BCUT2D eigenvalue weighted by molar-refractivity contribution is 5.93. The minimum absolute atomic E-state index is 0.320. The summed E-state index contributed by atoms with van der Waals surface area (Å²) < 4.78 is 31.0. The lowest BCUT2D eigenvalue weighted by Gasteiger charge is -2.38. The number of nitrogens with zero attached hydrogens (tertiary/aromatic N) is 4. The zero-order chi connectivity index (χ0) is 21.5. The molecule has 2 aliphatic heterocycles. The molecule has 9 heteroatoms. The van der Waals surface area contributed by atoms with Gasteiger partial charge in [-0.2, -0.15) is 4.98 Å². The summed E-state index contributed by atoms with van der Waals surface area (Å²) in [6.07, 6.45) is 1.95. The Morgan fingerprint density at radius 1 is 1.13 bits per heavy atom. The topological polar surface area (TPSA) is 85.5 Å². The molecule has 2 aliphatic rings. The quantitative estimate of drug-likeness (QED) is 0.665. The van der Waals surface area contributed by atoms with Gasteiger partial charge in [-0.25, -0.2) is 9.37 Å². The number of pyridine rings is 1. The second-order valence-corrected chi connectivity index (χ2v) is 8.25. The third-order valence-corrected chi connectivity index (χ3v) is 6.14. The molecule has 2 fully saturated rings. The van der Waals surface area contributed by atoms with E-state index in [2.05, 4.69) is 20.4 Å². The van der Waals surface area contributed by atoms with Crippen LogP contribution in [0.25, 0.3) is 22.4 Å². The first-order valence-electron chi connectivity index (χ1n) is 10.6. The van der Waals surface area contributed by atoms with Crippen LogP contribution in [0.5, 0.6) is 5.75 Å². The maximum atomic E-state index is 14.9. The van der Waals surface area contributed by atoms with Crippen molar-refractivity contribution in [1.29, 1.82) is 0 Å². The number of aromatic nitrogens is 3. The van der Waals surface area contributed by atoms with Gasteiger partial charge in [-0.15, -0.1) is 0 Å². The van der Waals surface area contributed by atoms with E-state index in [9.17, 15) is 4.39 Å². The van der Waals surface area contributed by atoms with Gasteiger partial charge in [0.25, 0.3) is 5.89 Å². The van der Waals surface area contributed by atoms with Crippen LogP contribution in [0.15, 0.2) is 16.7 Å². The lowest BCUT2D eigenvalue weighted by molar-refractivity contribution is -0.0111. The Kier molecular flexibility index (Phi) is 5.23. The SMILES string of the molecule is COc1cc(F)c2nc(N3CCC(NC4COC4)CC3)c(-c3nc(C)no3)c(C)c2c1. The van der Waals surface area contributed by atoms with Crippen LogP contribution >= 0.6 is 0 Å². The molecular weight excluding hydrogens is 401 g/mol. The van der Waals surface area contributed by atoms with Crippen molar-refractivity contribution >= 4 is 16.7 Å². The van der Waals surface area contributed by atoms with Crippen LogP contribution in [0.4, 0.5) is 10.2 Å². The summed E-state index contributed by atoms with van der Waals surface area (Å²) in [4.78, 5) is 11.4. The first-order valence-corrected chi connectivity index (χ1v) is 10.6. The van der Waals surface area contributed by atoms with Crippen LogP contribution < -0.4 is 15.0 Å². The van der Waals surface area contributed by atoms with Gasteiger partial charge in [0.15, 0.2) is 11.6 Å². The van der Waals surface area contributed by atoms with Crippen LogP contribution in [0, 0.1) is 19.7 Å². The molecule has 164 valence electrons. The summed E-state index contributed by atoms with van der Waals surface area (Å²) in [6.45, 7) is 6.90. The van der Waals surface area contributed by atoms with Crippen LogP contribution in [-0.4, -0.2) is 60.6 Å². The normalized spacial score (nSPS) is 17.9. The Hall–Kier alpha value is -2.78. The van der Waals surface area contributed by atoms with E-state index in [0.717, 1.165) is 50.3 Å². The van der Waals surface area contributed by atoms with Crippen molar-refractivity contribution in [2.24, 2.45) is 0 Å². The average molecular weight is 427 g/mol. The van der Waals surface area contributed by atoms with E-state index >= 15 is 0 Å². The Labute approximate surface area is 179 Å². The number of methoxy groups -OCH3 is 1. The molecule has 8 nitrogen and oxygen atoms in total. The summed E-state index contributed by atoms with van der Waals surface area (Å²) in [5.41, 5.74) is 1.91. The summed E-state index contributed by atoms with van der Waals surface area (Å²) in [5.74, 6) is 1.66. The van der Waals surface area contributed by atoms with Crippen molar-refractivity contribution in [2.45, 2.75) is 38.8 Å². The van der Waals surface area contributed by atoms with Gasteiger partial charge in [0.1, 0.15) is 17.1 Å². The number of hydrogen-bond donors (Lipinski definition) is 1. The molecular formula is C22H26FN5O3. The summed E-state index contributed by atoms with van der Waals surface area (Å²) in [6, 6.07) is 4.07. The first-order chi connectivity index (χ1) is 15.0. The number of nitrogens with one attached hydrogen (secondary N) is 1. The molecule has 1 N–H and O–H groups in total. The molecule has 1 aromatic carbocycles. The Bertz CT molecular complexity index is 1110. The number of ether oxygens (including phenoxy) is 2. The highest BCUT2D eigenvalue weighted by Gasteiger charge is 2.29. The molecule has 31 heavy (non-hydrogen) atoms. The lowest BCUT2D eigenvalue weighted by atomic mass is 9.99. The van der Waals surface area contributed by atoms with E-state index in [1.165, 1.54) is 13.2 Å². The van der Waals surface area contributed by atoms with Crippen LogP contribution in [0.1, 0.15) is 24.2 Å². The van der Waals surface area contributed by atoms with Gasteiger partial charge in [-0.3, -0.25) is 0 Å². The second kappa shape index (κ2) is 8.05. The van der Waals surface area contributed by atoms with Gasteiger partial charge in [0.05, 0.1) is 31.9 Å². The third kappa shape index (κ3) is 3.72. The number of fused-ring (bicyclic) bond motifs is 1. The Balaban J connectivity index is 1.55. The maximum absolute atomic E-state index is 14.9. The molecule has 0 aliphatic carbocycles. The molecule has 0 unspecified atom stereocenters. The number of hydrogen-bond acceptors (Lipinski definition) is 8. The van der Waals surface area contributed by atoms with Crippen molar-refractivity contribution in [3.05, 3.63) is 29.3 Å². The molecule has 0 amide bonds. The number of rotatable bonds is 5. The van der Waals surface area contributed by atoms with Gasteiger partial charge < -0.3 is 24.2 Å². The fourth-order valence-electron chi connectivity index (χ4n) is 4.36. The number of benzene rings is 1. The first kappa shape index (κ1) is 20.1. The zero-order valence-corrected chi connectivity index (χ0v) is 17.9. The number of aryl methyl sites for hydroxylation is 2. The third-order valence-electron chi connectivity index (χ3n) is 6.14. The molecule has 2 aromatic heterocycles. The molecule has 0 bridgehead atoms. The molecule has 0 atom stereocenters. The lowest BCUT2D eigenvalue weighted by Crippen LogP contribution is -2.53. The number of anilines is 1. The number of halogens is 1. The summed E-state index contributed by atoms with van der Waals surface area (Å²) >= 11 is 0. The minimum atomic E-state index is -0.409. The van der Waals surface area contributed by atoms with Gasteiger partial charge in [-0.1, -0.05) is 5.16 Å². The van der Waals surface area contributed by atoms with Crippen molar-refractivity contribution in [2.75, 3.05) is 38.3 Å². The average Bonchev–Trinajstić information content (AvgIpc) is 3.17. The zero-order valence-electron chi connectivity index (χ0n) is 17.9. The molecule has 4 heterocycles. The Morgan fingerprint density at radius 2 is 1.90 bits per heavy atom. The van der Waals surface area contributed by atoms with Crippen molar-refractivity contribution in [3.63, 3.8) is 0 Å². The fourth-order valence-corrected chi connectivity index (χ4v) is 4.36. The van der Waals surface area contributed by atoms with Crippen LogP contribution in [0.2, 0.25) is 0 Å². The van der Waals surface area contributed by atoms with Crippen molar-refractivity contribution in [1.82, 2.24) is 20.4 Å². The highest BCUT2D eigenvalue weighted by Crippen LogP contribution is 2.38. The fraction of sp³-hybridized carbons (Fsp3) is 0.500. The van der Waals surface area contributed by atoms with Crippen molar-refractivity contribution < 1.29 is 18.4 Å². The molecule has 5 rings (SSSR count). The predicted molar refractivity (Wildman–Crippen MR) is 114 cm³/mol. The summed E-state index contributed by atoms with van der Waals surface area (Å²) in [7, 11) is 1.52. The Morgan fingerprint density at radius 3 is 2.52 bits per heavy atom. The molecule has 0 spiro atoms. The van der Waals surface area contributed by atoms with E-state index in [-0.39, 0.29) is 0 Å². The van der Waals surface area contributed by atoms with E-state index in [1.54, 1.807) is 13.0 Å². The maximum Gasteiger partial charge on any atom is 0.261 e. The smallest absolute Gasteiger partial charge is 0.261 e. The van der Waals surface area contributed by atoms with Gasteiger partial charge in [-0.05, 0) is 38.3 Å². The van der Waals surface area contributed by atoms with E-state index in [4.69, 9.17) is 19.0 Å². The second-order valence-electron chi connectivity index (χ2n) is 8.25. The van der Waals surface area contributed by atoms with E-state index < -0.39 is 5.82 Å². The van der Waals surface area contributed by atoms with Gasteiger partial charge in [0, 0.05) is 30.6 Å². The van der Waals surface area contributed by atoms with Gasteiger partial charge in [0.2, 0.25) is 0 Å². The minimum Gasteiger partial charge on any atom is -0.497 e. The highest BCUT2D eigenvalue weighted by atomic mass is 19.1. The van der Waals surface area contributed by atoms with E-state index in [0.29, 0.717) is 46.3 Å². The number of piperidine rings is 1. The molecule has 2 saturated heterocycles. The largest absolute Gasteiger partial charge is 0.497 e. The monoisotopic (exact) mass is 427 g/mol. The van der Waals surface area contributed by atoms with Crippen LogP contribution in [0.3, 0.4) is 0 Å². The molecule has 3 aromatic rings. The van der Waals surface area contributed by atoms with E-state index in [1.807, 2.05) is 6.92 Å². The predicted octanol–water partition coefficient (Wildman–Crippen LogP) is 3.01. The molecule has 0 saturated carbocycles. The summed E-state index contributed by atoms with van der Waals surface area (Å²) in [5, 5.41) is 8.29.